The van der Waals surface area contributed by atoms with Crippen molar-refractivity contribution in [2.24, 2.45) is 0 Å². The highest BCUT2D eigenvalue weighted by molar-refractivity contribution is 6.30. The summed E-state index contributed by atoms with van der Waals surface area (Å²) in [7, 11) is 1.31. The van der Waals surface area contributed by atoms with Crippen LogP contribution in [0, 0.1) is 10.1 Å². The standard InChI is InChI=1S/C24H30ClN3O6/c1-4-6-13-26-24(30)20(5-2)27(15-17-7-9-18(25)10-8-17)23(29)16-34-19-11-12-21(28(31)32)22(14-19)33-3/h7-12,14,20H,4-6,13,15-16H2,1-3H3,(H,26,30)/t20-/m0/s1. The van der Waals surface area contributed by atoms with Crippen molar-refractivity contribution in [3.8, 4) is 11.5 Å². The summed E-state index contributed by atoms with van der Waals surface area (Å²) in [6.07, 6.45) is 2.21. The molecule has 0 unspecified atom stereocenters. The molecule has 0 aliphatic heterocycles. The van der Waals surface area contributed by atoms with Gasteiger partial charge in [0.15, 0.2) is 6.61 Å². The van der Waals surface area contributed by atoms with Crippen molar-refractivity contribution in [3.05, 3.63) is 63.2 Å². The maximum absolute atomic E-state index is 13.2. The summed E-state index contributed by atoms with van der Waals surface area (Å²) in [4.78, 5) is 38.1. The van der Waals surface area contributed by atoms with E-state index in [0.29, 0.717) is 18.0 Å². The van der Waals surface area contributed by atoms with E-state index in [-0.39, 0.29) is 36.2 Å². The van der Waals surface area contributed by atoms with Crippen molar-refractivity contribution in [3.63, 3.8) is 0 Å². The van der Waals surface area contributed by atoms with Gasteiger partial charge in [0, 0.05) is 30.2 Å². The van der Waals surface area contributed by atoms with Crippen LogP contribution in [0.1, 0.15) is 38.7 Å². The minimum atomic E-state index is -0.685. The number of unbranched alkanes of at least 4 members (excludes halogenated alkanes) is 1. The Balaban J connectivity index is 2.21. The summed E-state index contributed by atoms with van der Waals surface area (Å²) in [5, 5.41) is 14.6. The Morgan fingerprint density at radius 1 is 1.18 bits per heavy atom. The maximum atomic E-state index is 13.2. The van der Waals surface area contributed by atoms with Gasteiger partial charge in [0.1, 0.15) is 11.8 Å². The molecular formula is C24H30ClN3O6. The van der Waals surface area contributed by atoms with Crippen molar-refractivity contribution in [2.75, 3.05) is 20.3 Å². The number of hydrogen-bond donors (Lipinski definition) is 1. The minimum Gasteiger partial charge on any atom is -0.490 e. The topological polar surface area (TPSA) is 111 Å². The van der Waals surface area contributed by atoms with Crippen molar-refractivity contribution < 1.29 is 24.0 Å². The van der Waals surface area contributed by atoms with Crippen molar-refractivity contribution >= 4 is 29.1 Å². The molecule has 0 spiro atoms. The van der Waals surface area contributed by atoms with E-state index in [1.54, 1.807) is 24.3 Å². The number of ether oxygens (including phenoxy) is 2. The molecule has 2 amide bonds. The second-order valence-electron chi connectivity index (χ2n) is 7.60. The van der Waals surface area contributed by atoms with E-state index < -0.39 is 16.9 Å². The summed E-state index contributed by atoms with van der Waals surface area (Å²) < 4.78 is 10.7. The first-order valence-corrected chi connectivity index (χ1v) is 11.4. The van der Waals surface area contributed by atoms with Gasteiger partial charge >= 0.3 is 5.69 Å². The number of hydrogen-bond acceptors (Lipinski definition) is 6. The van der Waals surface area contributed by atoms with Crippen LogP contribution in [0.3, 0.4) is 0 Å². The normalized spacial score (nSPS) is 11.4. The van der Waals surface area contributed by atoms with Crippen LogP contribution in [-0.4, -0.2) is 47.9 Å². The molecule has 0 fully saturated rings. The smallest absolute Gasteiger partial charge is 0.311 e. The first kappa shape index (κ1) is 26.9. The average molecular weight is 492 g/mol. The van der Waals surface area contributed by atoms with E-state index in [1.165, 1.54) is 30.2 Å². The first-order chi connectivity index (χ1) is 16.3. The molecule has 34 heavy (non-hydrogen) atoms. The molecule has 9 nitrogen and oxygen atoms in total. The molecule has 2 aromatic carbocycles. The second kappa shape index (κ2) is 13.4. The second-order valence-corrected chi connectivity index (χ2v) is 8.03. The fourth-order valence-electron chi connectivity index (χ4n) is 3.34. The lowest BCUT2D eigenvalue weighted by molar-refractivity contribution is -0.385. The molecule has 1 N–H and O–H groups in total. The van der Waals surface area contributed by atoms with E-state index >= 15 is 0 Å². The van der Waals surface area contributed by atoms with Crippen molar-refractivity contribution in [1.29, 1.82) is 0 Å². The third-order valence-electron chi connectivity index (χ3n) is 5.19. The van der Waals surface area contributed by atoms with Gasteiger partial charge < -0.3 is 19.7 Å². The van der Waals surface area contributed by atoms with E-state index in [1.807, 2.05) is 13.8 Å². The predicted octanol–water partition coefficient (Wildman–Crippen LogP) is 4.36. The molecule has 10 heteroatoms. The van der Waals surface area contributed by atoms with Crippen LogP contribution in [0.2, 0.25) is 5.02 Å². The third-order valence-corrected chi connectivity index (χ3v) is 5.44. The summed E-state index contributed by atoms with van der Waals surface area (Å²) in [6, 6.07) is 10.4. The Bertz CT molecular complexity index is 983. The zero-order valence-corrected chi connectivity index (χ0v) is 20.3. The van der Waals surface area contributed by atoms with Gasteiger partial charge in [-0.1, -0.05) is 44.0 Å². The quantitative estimate of drug-likeness (QED) is 0.253. The van der Waals surface area contributed by atoms with E-state index in [4.69, 9.17) is 21.1 Å². The van der Waals surface area contributed by atoms with Gasteiger partial charge in [0.05, 0.1) is 12.0 Å². The van der Waals surface area contributed by atoms with Gasteiger partial charge in [0.25, 0.3) is 5.91 Å². The molecule has 0 heterocycles. The summed E-state index contributed by atoms with van der Waals surface area (Å²) in [5.74, 6) is -0.363. The Morgan fingerprint density at radius 2 is 1.88 bits per heavy atom. The molecule has 0 bridgehead atoms. The number of methoxy groups -OCH3 is 1. The number of rotatable bonds is 13. The molecule has 0 saturated carbocycles. The Kier molecular flexibility index (Phi) is 10.6. The van der Waals surface area contributed by atoms with Gasteiger partial charge in [-0.3, -0.25) is 19.7 Å². The third kappa shape index (κ3) is 7.62. The molecule has 0 aliphatic rings. The van der Waals surface area contributed by atoms with Gasteiger partial charge in [-0.25, -0.2) is 0 Å². The molecule has 1 atom stereocenters. The number of halogens is 1. The van der Waals surface area contributed by atoms with Crippen LogP contribution in [0.25, 0.3) is 0 Å². The molecule has 0 aromatic heterocycles. The molecular weight excluding hydrogens is 462 g/mol. The number of carbonyl (C=O) groups excluding carboxylic acids is 2. The van der Waals surface area contributed by atoms with E-state index in [9.17, 15) is 19.7 Å². The van der Waals surface area contributed by atoms with Crippen molar-refractivity contribution in [2.45, 2.75) is 45.7 Å². The largest absolute Gasteiger partial charge is 0.490 e. The number of nitro groups is 1. The number of nitro benzene ring substituents is 1. The number of amides is 2. The monoisotopic (exact) mass is 491 g/mol. The fraction of sp³-hybridized carbons (Fsp3) is 0.417. The molecule has 0 saturated heterocycles. The average Bonchev–Trinajstić information content (AvgIpc) is 2.83. The number of nitrogens with zero attached hydrogens (tertiary/aromatic N) is 2. The van der Waals surface area contributed by atoms with Crippen LogP contribution in [0.4, 0.5) is 5.69 Å². The number of nitrogens with one attached hydrogen (secondary N) is 1. The van der Waals surface area contributed by atoms with E-state index in [2.05, 4.69) is 5.32 Å². The Morgan fingerprint density at radius 3 is 2.47 bits per heavy atom. The number of carbonyl (C=O) groups is 2. The Labute approximate surface area is 204 Å². The lowest BCUT2D eigenvalue weighted by Gasteiger charge is -2.30. The first-order valence-electron chi connectivity index (χ1n) is 11.1. The molecule has 0 aliphatic carbocycles. The fourth-order valence-corrected chi connectivity index (χ4v) is 3.46. The van der Waals surface area contributed by atoms with Gasteiger partial charge in [-0.05, 0) is 36.6 Å². The SMILES string of the molecule is CCCCNC(=O)[C@H](CC)N(Cc1ccc(Cl)cc1)C(=O)COc1ccc([N+](=O)[O-])c(OC)c1. The zero-order valence-electron chi connectivity index (χ0n) is 19.6. The van der Waals surface area contributed by atoms with Crippen LogP contribution in [0.15, 0.2) is 42.5 Å². The van der Waals surface area contributed by atoms with Gasteiger partial charge in [-0.2, -0.15) is 0 Å². The van der Waals surface area contributed by atoms with E-state index in [0.717, 1.165) is 18.4 Å². The van der Waals surface area contributed by atoms with Crippen molar-refractivity contribution in [1.82, 2.24) is 10.2 Å². The summed E-state index contributed by atoms with van der Waals surface area (Å²) in [6.45, 7) is 4.25. The Hall–Kier alpha value is -3.33. The van der Waals surface area contributed by atoms with Crippen LogP contribution >= 0.6 is 11.6 Å². The molecule has 2 rings (SSSR count). The van der Waals surface area contributed by atoms with Crippen LogP contribution in [0.5, 0.6) is 11.5 Å². The van der Waals surface area contributed by atoms with Gasteiger partial charge in [-0.15, -0.1) is 0 Å². The lowest BCUT2D eigenvalue weighted by atomic mass is 10.1. The molecule has 184 valence electrons. The molecule has 0 radical (unpaired) electrons. The highest BCUT2D eigenvalue weighted by Gasteiger charge is 2.29. The summed E-state index contributed by atoms with van der Waals surface area (Å²) >= 11 is 5.98. The zero-order chi connectivity index (χ0) is 25.1. The molecule has 2 aromatic rings. The minimum absolute atomic E-state index is 0.0229. The highest BCUT2D eigenvalue weighted by Crippen LogP contribution is 2.30. The predicted molar refractivity (Wildman–Crippen MR) is 129 cm³/mol. The maximum Gasteiger partial charge on any atom is 0.311 e. The van der Waals surface area contributed by atoms with Crippen LogP contribution in [-0.2, 0) is 16.1 Å². The number of benzene rings is 2. The van der Waals surface area contributed by atoms with Gasteiger partial charge in [0.2, 0.25) is 11.7 Å². The highest BCUT2D eigenvalue weighted by atomic mass is 35.5. The summed E-state index contributed by atoms with van der Waals surface area (Å²) in [5.41, 5.74) is 0.606. The van der Waals surface area contributed by atoms with Crippen LogP contribution < -0.4 is 14.8 Å². The lowest BCUT2D eigenvalue weighted by Crippen LogP contribution is -2.50.